The standard InChI is InChI=1S/C24H19ClF2N6O/c1-13(32-22-20-21(29-11-28-20)30-12-31-22)18-9-14-5-3-8-17(25)19(14)23(34)33(18)16-7-4-6-15(10-16)24(2,26)27/h3-13H,1-2H3,(H2,28,29,30,31,32)/t13-/m0/s1. The minimum Gasteiger partial charge on any atom is -0.360 e. The van der Waals surface area contributed by atoms with Gasteiger partial charge < -0.3 is 10.3 Å². The second-order valence-electron chi connectivity index (χ2n) is 8.04. The van der Waals surface area contributed by atoms with Crippen LogP contribution in [0.25, 0.3) is 27.6 Å². The summed E-state index contributed by atoms with van der Waals surface area (Å²) in [4.78, 5) is 29.3. The average Bonchev–Trinajstić information content (AvgIpc) is 3.28. The summed E-state index contributed by atoms with van der Waals surface area (Å²) in [6.07, 6.45) is 2.91. The van der Waals surface area contributed by atoms with Crippen LogP contribution in [-0.4, -0.2) is 24.5 Å². The quantitative estimate of drug-likeness (QED) is 0.342. The maximum Gasteiger partial charge on any atom is 0.270 e. The third-order valence-electron chi connectivity index (χ3n) is 5.65. The van der Waals surface area contributed by atoms with Crippen LogP contribution in [-0.2, 0) is 5.92 Å². The van der Waals surface area contributed by atoms with Gasteiger partial charge in [0.2, 0.25) is 0 Å². The molecule has 34 heavy (non-hydrogen) atoms. The first-order chi connectivity index (χ1) is 16.2. The Morgan fingerprint density at radius 1 is 1.12 bits per heavy atom. The van der Waals surface area contributed by atoms with Gasteiger partial charge in [0, 0.05) is 23.9 Å². The highest BCUT2D eigenvalue weighted by Crippen LogP contribution is 2.31. The Morgan fingerprint density at radius 3 is 2.71 bits per heavy atom. The van der Waals surface area contributed by atoms with Crippen LogP contribution in [0, 0.1) is 0 Å². The lowest BCUT2D eigenvalue weighted by Gasteiger charge is -2.22. The molecule has 0 unspecified atom stereocenters. The smallest absolute Gasteiger partial charge is 0.270 e. The van der Waals surface area contributed by atoms with Gasteiger partial charge in [0.05, 0.1) is 22.8 Å². The molecule has 0 aliphatic carbocycles. The lowest BCUT2D eigenvalue weighted by molar-refractivity contribution is 0.0174. The number of imidazole rings is 1. The number of aromatic amines is 1. The maximum absolute atomic E-state index is 14.1. The van der Waals surface area contributed by atoms with Crippen LogP contribution in [0.15, 0.2) is 66.0 Å². The summed E-state index contributed by atoms with van der Waals surface area (Å²) in [7, 11) is 0. The van der Waals surface area contributed by atoms with Crippen LogP contribution in [0.5, 0.6) is 0 Å². The van der Waals surface area contributed by atoms with Gasteiger partial charge in [0.15, 0.2) is 11.5 Å². The van der Waals surface area contributed by atoms with Gasteiger partial charge in [-0.1, -0.05) is 35.9 Å². The summed E-state index contributed by atoms with van der Waals surface area (Å²) < 4.78 is 29.6. The number of rotatable bonds is 5. The van der Waals surface area contributed by atoms with Crippen molar-refractivity contribution in [3.8, 4) is 5.69 Å². The number of halogens is 3. The molecule has 5 rings (SSSR count). The van der Waals surface area contributed by atoms with Crippen molar-refractivity contribution >= 4 is 39.4 Å². The molecule has 2 aromatic carbocycles. The van der Waals surface area contributed by atoms with Crippen molar-refractivity contribution in [1.29, 1.82) is 0 Å². The molecule has 0 saturated heterocycles. The highest BCUT2D eigenvalue weighted by atomic mass is 35.5. The first-order valence-electron chi connectivity index (χ1n) is 10.5. The molecule has 5 aromatic rings. The van der Waals surface area contributed by atoms with Crippen LogP contribution >= 0.6 is 11.6 Å². The van der Waals surface area contributed by atoms with Gasteiger partial charge in [-0.3, -0.25) is 9.36 Å². The van der Waals surface area contributed by atoms with Crippen molar-refractivity contribution in [3.63, 3.8) is 0 Å². The average molecular weight is 481 g/mol. The summed E-state index contributed by atoms with van der Waals surface area (Å²) >= 11 is 6.36. The zero-order chi connectivity index (χ0) is 24.0. The number of anilines is 1. The van der Waals surface area contributed by atoms with Crippen molar-refractivity contribution in [3.05, 3.63) is 87.8 Å². The van der Waals surface area contributed by atoms with E-state index in [1.165, 1.54) is 35.4 Å². The summed E-state index contributed by atoms with van der Waals surface area (Å²) in [5.41, 5.74) is 1.35. The second kappa shape index (κ2) is 8.18. The lowest BCUT2D eigenvalue weighted by Crippen LogP contribution is -2.26. The second-order valence-corrected chi connectivity index (χ2v) is 8.45. The minimum absolute atomic E-state index is 0.197. The molecule has 2 N–H and O–H groups in total. The van der Waals surface area contributed by atoms with Crippen molar-refractivity contribution in [2.24, 2.45) is 0 Å². The number of H-pyrrole nitrogens is 1. The Hall–Kier alpha value is -3.85. The molecule has 3 heterocycles. The van der Waals surface area contributed by atoms with Crippen molar-refractivity contribution in [2.75, 3.05) is 5.32 Å². The Balaban J connectivity index is 1.73. The van der Waals surface area contributed by atoms with Gasteiger partial charge in [0.1, 0.15) is 11.8 Å². The number of hydrogen-bond acceptors (Lipinski definition) is 5. The molecule has 0 spiro atoms. The van der Waals surface area contributed by atoms with Gasteiger partial charge in [-0.15, -0.1) is 0 Å². The molecule has 1 atom stereocenters. The highest BCUT2D eigenvalue weighted by molar-refractivity contribution is 6.35. The SMILES string of the molecule is C[C@H](Nc1ncnc2[nH]cnc12)c1cc2cccc(Cl)c2c(=O)n1-c1cccc(C(C)(F)F)c1. The predicted octanol–water partition coefficient (Wildman–Crippen LogP) is 5.60. The van der Waals surface area contributed by atoms with Gasteiger partial charge in [-0.25, -0.2) is 23.7 Å². The topological polar surface area (TPSA) is 88.5 Å². The third-order valence-corrected chi connectivity index (χ3v) is 5.96. The van der Waals surface area contributed by atoms with Crippen LogP contribution in [0.4, 0.5) is 14.6 Å². The molecule has 0 radical (unpaired) electrons. The predicted molar refractivity (Wildman–Crippen MR) is 128 cm³/mol. The monoisotopic (exact) mass is 480 g/mol. The van der Waals surface area contributed by atoms with E-state index in [9.17, 15) is 13.6 Å². The zero-order valence-corrected chi connectivity index (χ0v) is 18.9. The molecule has 0 bridgehead atoms. The van der Waals surface area contributed by atoms with Crippen LogP contribution < -0.4 is 10.9 Å². The molecule has 7 nitrogen and oxygen atoms in total. The molecular formula is C24H19ClF2N6O. The van der Waals surface area contributed by atoms with E-state index in [0.717, 1.165) is 6.92 Å². The highest BCUT2D eigenvalue weighted by Gasteiger charge is 2.26. The Kier molecular flexibility index (Phi) is 5.28. The number of alkyl halides is 2. The molecule has 0 fully saturated rings. The minimum atomic E-state index is -3.06. The number of nitrogens with zero attached hydrogens (tertiary/aromatic N) is 4. The fraction of sp³-hybridized carbons (Fsp3) is 0.167. The van der Waals surface area contributed by atoms with E-state index in [0.29, 0.717) is 39.1 Å². The fourth-order valence-corrected chi connectivity index (χ4v) is 4.25. The van der Waals surface area contributed by atoms with E-state index < -0.39 is 17.5 Å². The Morgan fingerprint density at radius 2 is 1.91 bits per heavy atom. The maximum atomic E-state index is 14.1. The Bertz CT molecular complexity index is 1590. The lowest BCUT2D eigenvalue weighted by atomic mass is 10.1. The number of aromatic nitrogens is 5. The first kappa shape index (κ1) is 22.0. The summed E-state index contributed by atoms with van der Waals surface area (Å²) in [6.45, 7) is 2.67. The molecule has 0 saturated carbocycles. The van der Waals surface area contributed by atoms with Crippen LogP contribution in [0.3, 0.4) is 0 Å². The first-order valence-corrected chi connectivity index (χ1v) is 10.9. The van der Waals surface area contributed by atoms with Gasteiger partial charge in [-0.05, 0) is 36.6 Å². The summed E-state index contributed by atoms with van der Waals surface area (Å²) in [5, 5.41) is 4.51. The van der Waals surface area contributed by atoms with Gasteiger partial charge in [0.25, 0.3) is 11.5 Å². The molecule has 0 aliphatic heterocycles. The number of pyridine rings is 1. The Labute approximate surface area is 197 Å². The van der Waals surface area contributed by atoms with E-state index in [-0.39, 0.29) is 10.6 Å². The summed E-state index contributed by atoms with van der Waals surface area (Å²) in [5.74, 6) is -2.59. The number of benzene rings is 2. The molecule has 0 amide bonds. The molecule has 172 valence electrons. The van der Waals surface area contributed by atoms with Gasteiger partial charge in [-0.2, -0.15) is 0 Å². The molecule has 0 aliphatic rings. The van der Waals surface area contributed by atoms with E-state index in [1.807, 2.05) is 13.0 Å². The van der Waals surface area contributed by atoms with Crippen LogP contribution in [0.2, 0.25) is 5.02 Å². The largest absolute Gasteiger partial charge is 0.360 e. The van der Waals surface area contributed by atoms with E-state index >= 15 is 0 Å². The van der Waals surface area contributed by atoms with Crippen molar-refractivity contribution < 1.29 is 8.78 Å². The fourth-order valence-electron chi connectivity index (χ4n) is 3.99. The van der Waals surface area contributed by atoms with E-state index in [4.69, 9.17) is 11.6 Å². The normalized spacial score (nSPS) is 12.9. The zero-order valence-electron chi connectivity index (χ0n) is 18.2. The number of fused-ring (bicyclic) bond motifs is 2. The molecule has 3 aromatic heterocycles. The van der Waals surface area contributed by atoms with Crippen molar-refractivity contribution in [2.45, 2.75) is 25.8 Å². The number of nitrogens with one attached hydrogen (secondary N) is 2. The molecular weight excluding hydrogens is 462 g/mol. The summed E-state index contributed by atoms with van der Waals surface area (Å²) in [6, 6.07) is 12.3. The van der Waals surface area contributed by atoms with Crippen LogP contribution in [0.1, 0.15) is 31.1 Å². The van der Waals surface area contributed by atoms with Gasteiger partial charge >= 0.3 is 0 Å². The van der Waals surface area contributed by atoms with Crippen molar-refractivity contribution in [1.82, 2.24) is 24.5 Å². The van der Waals surface area contributed by atoms with E-state index in [2.05, 4.69) is 25.3 Å². The third kappa shape index (κ3) is 3.77. The van der Waals surface area contributed by atoms with E-state index in [1.54, 1.807) is 24.3 Å². The number of hydrogen-bond donors (Lipinski definition) is 2. The molecule has 10 heteroatoms.